The lowest BCUT2D eigenvalue weighted by atomic mass is 10.1. The molecule has 0 atom stereocenters. The molecule has 0 saturated heterocycles. The third-order valence-electron chi connectivity index (χ3n) is 3.87. The maximum Gasteiger partial charge on any atom is 0.323 e. The normalized spacial score (nSPS) is 12.7. The van der Waals surface area contributed by atoms with E-state index in [4.69, 9.17) is 0 Å². The average molecular weight is 306 g/mol. The Bertz CT molecular complexity index is 809. The van der Waals surface area contributed by atoms with E-state index in [9.17, 15) is 9.59 Å². The number of fused-ring (bicyclic) bond motifs is 1. The Balaban J connectivity index is 1.68. The van der Waals surface area contributed by atoms with Gasteiger partial charge in [-0.05, 0) is 55.2 Å². The number of rotatable bonds is 3. The smallest absolute Gasteiger partial charge is 0.308 e. The Morgan fingerprint density at radius 3 is 2.39 bits per heavy atom. The minimum absolute atomic E-state index is 0.0343. The summed E-state index contributed by atoms with van der Waals surface area (Å²) in [5.41, 5.74) is 5.59. The Morgan fingerprint density at radius 2 is 1.65 bits per heavy atom. The molecule has 2 aromatic rings. The zero-order chi connectivity index (χ0) is 16.4. The van der Waals surface area contributed by atoms with Crippen molar-refractivity contribution in [3.63, 3.8) is 0 Å². The van der Waals surface area contributed by atoms with E-state index in [1.54, 1.807) is 24.3 Å². The average Bonchev–Trinajstić information content (AvgIpc) is 2.86. The summed E-state index contributed by atoms with van der Waals surface area (Å²) >= 11 is 0. The van der Waals surface area contributed by atoms with Crippen molar-refractivity contribution < 1.29 is 9.59 Å². The van der Waals surface area contributed by atoms with Gasteiger partial charge in [-0.25, -0.2) is 4.79 Å². The Kier molecular flexibility index (Phi) is 3.98. The second-order valence-corrected chi connectivity index (χ2v) is 5.80. The number of ketones is 1. The number of allylic oxidation sites excluding steroid dienone is 1. The molecule has 0 bridgehead atoms. The molecule has 1 aliphatic rings. The number of hydrogen-bond donors (Lipinski definition) is 2. The highest BCUT2D eigenvalue weighted by molar-refractivity contribution is 6.01. The molecule has 0 saturated carbocycles. The van der Waals surface area contributed by atoms with Crippen molar-refractivity contribution in [2.45, 2.75) is 19.8 Å². The second kappa shape index (κ2) is 6.08. The van der Waals surface area contributed by atoms with Crippen LogP contribution in [0.2, 0.25) is 0 Å². The Morgan fingerprint density at radius 1 is 0.957 bits per heavy atom. The first kappa shape index (κ1) is 15.0. The van der Waals surface area contributed by atoms with Crippen LogP contribution in [0.5, 0.6) is 0 Å². The molecule has 0 unspecified atom stereocenters. The van der Waals surface area contributed by atoms with Gasteiger partial charge in [0, 0.05) is 16.9 Å². The topological polar surface area (TPSA) is 58.2 Å². The van der Waals surface area contributed by atoms with Gasteiger partial charge in [0.15, 0.2) is 5.78 Å². The minimum Gasteiger partial charge on any atom is -0.308 e. The van der Waals surface area contributed by atoms with Crippen molar-refractivity contribution >= 4 is 23.2 Å². The lowest BCUT2D eigenvalue weighted by Crippen LogP contribution is -2.19. The van der Waals surface area contributed by atoms with Gasteiger partial charge in [-0.2, -0.15) is 0 Å². The van der Waals surface area contributed by atoms with Gasteiger partial charge in [0.1, 0.15) is 0 Å². The fourth-order valence-electron chi connectivity index (χ4n) is 2.75. The molecule has 0 fully saturated rings. The van der Waals surface area contributed by atoms with E-state index < -0.39 is 0 Å². The van der Waals surface area contributed by atoms with Gasteiger partial charge < -0.3 is 10.6 Å². The molecule has 2 N–H and O–H groups in total. The largest absolute Gasteiger partial charge is 0.323 e. The van der Waals surface area contributed by atoms with Crippen LogP contribution in [0.3, 0.4) is 0 Å². The SMILES string of the molecule is C=C1Cc2ccc(NC(=O)Nc3cccc(C(C)=O)c3)cc2C1. The molecule has 1 aliphatic carbocycles. The fraction of sp³-hybridized carbons (Fsp3) is 0.158. The number of carbonyl (C=O) groups is 2. The number of anilines is 2. The van der Waals surface area contributed by atoms with Gasteiger partial charge in [-0.3, -0.25) is 4.79 Å². The Labute approximate surface area is 135 Å². The maximum atomic E-state index is 12.1. The first-order valence-corrected chi connectivity index (χ1v) is 7.49. The van der Waals surface area contributed by atoms with Gasteiger partial charge >= 0.3 is 6.03 Å². The molecule has 23 heavy (non-hydrogen) atoms. The number of benzene rings is 2. The molecule has 2 aromatic carbocycles. The summed E-state index contributed by atoms with van der Waals surface area (Å²) < 4.78 is 0. The van der Waals surface area contributed by atoms with E-state index in [-0.39, 0.29) is 11.8 Å². The van der Waals surface area contributed by atoms with Crippen molar-refractivity contribution in [3.8, 4) is 0 Å². The van der Waals surface area contributed by atoms with E-state index in [1.807, 2.05) is 18.2 Å². The molecule has 4 heteroatoms. The van der Waals surface area contributed by atoms with Crippen LogP contribution in [0.25, 0.3) is 0 Å². The van der Waals surface area contributed by atoms with Crippen molar-refractivity contribution in [3.05, 3.63) is 71.3 Å². The van der Waals surface area contributed by atoms with Crippen molar-refractivity contribution in [2.75, 3.05) is 10.6 Å². The van der Waals surface area contributed by atoms with Crippen LogP contribution in [-0.2, 0) is 12.8 Å². The van der Waals surface area contributed by atoms with Crippen LogP contribution >= 0.6 is 0 Å². The molecule has 0 aliphatic heterocycles. The number of hydrogen-bond acceptors (Lipinski definition) is 2. The summed E-state index contributed by atoms with van der Waals surface area (Å²) in [6.07, 6.45) is 1.78. The van der Waals surface area contributed by atoms with Crippen molar-refractivity contribution in [2.24, 2.45) is 0 Å². The molecular formula is C19H18N2O2. The van der Waals surface area contributed by atoms with E-state index in [0.717, 1.165) is 18.5 Å². The second-order valence-electron chi connectivity index (χ2n) is 5.80. The van der Waals surface area contributed by atoms with E-state index >= 15 is 0 Å². The number of urea groups is 1. The molecule has 116 valence electrons. The quantitative estimate of drug-likeness (QED) is 0.660. The Hall–Kier alpha value is -2.88. The van der Waals surface area contributed by atoms with Crippen LogP contribution in [0.1, 0.15) is 28.4 Å². The zero-order valence-corrected chi connectivity index (χ0v) is 13.0. The number of amides is 2. The maximum absolute atomic E-state index is 12.1. The lowest BCUT2D eigenvalue weighted by molar-refractivity contribution is 0.101. The highest BCUT2D eigenvalue weighted by Crippen LogP contribution is 2.27. The fourth-order valence-corrected chi connectivity index (χ4v) is 2.75. The first-order valence-electron chi connectivity index (χ1n) is 7.49. The summed E-state index contributed by atoms with van der Waals surface area (Å²) in [4.78, 5) is 23.5. The molecule has 0 radical (unpaired) electrons. The summed E-state index contributed by atoms with van der Waals surface area (Å²) in [7, 11) is 0. The molecule has 2 amide bonds. The van der Waals surface area contributed by atoms with Gasteiger partial charge in [0.2, 0.25) is 0 Å². The van der Waals surface area contributed by atoms with Crippen LogP contribution in [0.15, 0.2) is 54.6 Å². The van der Waals surface area contributed by atoms with E-state index in [2.05, 4.69) is 17.2 Å². The molecular weight excluding hydrogens is 288 g/mol. The van der Waals surface area contributed by atoms with Crippen molar-refractivity contribution in [1.82, 2.24) is 0 Å². The van der Waals surface area contributed by atoms with E-state index in [0.29, 0.717) is 11.3 Å². The number of Topliss-reactive ketones (excluding diaryl/α,β-unsaturated/α-hetero) is 1. The van der Waals surface area contributed by atoms with Crippen LogP contribution in [-0.4, -0.2) is 11.8 Å². The van der Waals surface area contributed by atoms with Crippen LogP contribution < -0.4 is 10.6 Å². The molecule has 0 spiro atoms. The van der Waals surface area contributed by atoms with Gasteiger partial charge in [0.25, 0.3) is 0 Å². The van der Waals surface area contributed by atoms with Crippen molar-refractivity contribution in [1.29, 1.82) is 0 Å². The van der Waals surface area contributed by atoms with Gasteiger partial charge in [-0.1, -0.05) is 30.4 Å². The predicted molar refractivity (Wildman–Crippen MR) is 92.1 cm³/mol. The summed E-state index contributed by atoms with van der Waals surface area (Å²) in [6, 6.07) is 12.4. The molecule has 4 nitrogen and oxygen atoms in total. The predicted octanol–water partition coefficient (Wildman–Crippen LogP) is 4.19. The minimum atomic E-state index is -0.331. The van der Waals surface area contributed by atoms with Gasteiger partial charge in [0.05, 0.1) is 0 Å². The molecule has 3 rings (SSSR count). The highest BCUT2D eigenvalue weighted by atomic mass is 16.2. The summed E-state index contributed by atoms with van der Waals surface area (Å²) in [5.74, 6) is -0.0343. The van der Waals surface area contributed by atoms with Crippen LogP contribution in [0.4, 0.5) is 16.2 Å². The molecule has 0 aromatic heterocycles. The number of carbonyl (C=O) groups excluding carboxylic acids is 2. The monoisotopic (exact) mass is 306 g/mol. The zero-order valence-electron chi connectivity index (χ0n) is 13.0. The highest BCUT2D eigenvalue weighted by Gasteiger charge is 2.14. The number of nitrogens with one attached hydrogen (secondary N) is 2. The van der Waals surface area contributed by atoms with E-state index in [1.165, 1.54) is 23.6 Å². The van der Waals surface area contributed by atoms with Crippen LogP contribution in [0, 0.1) is 0 Å². The third-order valence-corrected chi connectivity index (χ3v) is 3.87. The third kappa shape index (κ3) is 3.48. The lowest BCUT2D eigenvalue weighted by Gasteiger charge is -2.09. The summed E-state index contributed by atoms with van der Waals surface area (Å²) in [6.45, 7) is 5.51. The summed E-state index contributed by atoms with van der Waals surface area (Å²) in [5, 5.41) is 5.56. The standard InChI is InChI=1S/C19H18N2O2/c1-12-8-15-6-7-18(11-16(15)9-12)21-19(23)20-17-5-3-4-14(10-17)13(2)22/h3-7,10-11H,1,8-9H2,2H3,(H2,20,21,23). The molecule has 0 heterocycles. The van der Waals surface area contributed by atoms with Gasteiger partial charge in [-0.15, -0.1) is 0 Å². The first-order chi connectivity index (χ1) is 11.0.